The van der Waals surface area contributed by atoms with Gasteiger partial charge in [0.15, 0.2) is 0 Å². The highest BCUT2D eigenvalue weighted by atomic mass is 35.5. The molecule has 5 nitrogen and oxygen atoms in total. The Kier molecular flexibility index (Phi) is 7.06. The molecule has 26 heavy (non-hydrogen) atoms. The SMILES string of the molecule is CCC[C@H](C)NC(=O)CN(c1ccccc1)S(=O)(=O)c1ccc(Cl)cc1. The van der Waals surface area contributed by atoms with Crippen molar-refractivity contribution in [2.45, 2.75) is 37.6 Å². The Hall–Kier alpha value is -2.05. The molecule has 1 atom stereocenters. The number of carbonyl (C=O) groups excluding carboxylic acids is 1. The molecule has 0 unspecified atom stereocenters. The molecule has 0 radical (unpaired) electrons. The van der Waals surface area contributed by atoms with Gasteiger partial charge in [-0.05, 0) is 49.7 Å². The van der Waals surface area contributed by atoms with Crippen LogP contribution in [0.4, 0.5) is 5.69 Å². The first kappa shape index (κ1) is 20.3. The molecule has 0 saturated heterocycles. The van der Waals surface area contributed by atoms with E-state index in [9.17, 15) is 13.2 Å². The summed E-state index contributed by atoms with van der Waals surface area (Å²) in [7, 11) is -3.90. The van der Waals surface area contributed by atoms with Gasteiger partial charge in [0.1, 0.15) is 6.54 Å². The number of benzene rings is 2. The average molecular weight is 395 g/mol. The molecule has 0 aliphatic rings. The van der Waals surface area contributed by atoms with Crippen LogP contribution in [0.15, 0.2) is 59.5 Å². The number of hydrogen-bond acceptors (Lipinski definition) is 3. The Morgan fingerprint density at radius 2 is 1.73 bits per heavy atom. The molecule has 0 aromatic heterocycles. The molecule has 1 N–H and O–H groups in total. The highest BCUT2D eigenvalue weighted by Gasteiger charge is 2.27. The standard InChI is InChI=1S/C19H23ClN2O3S/c1-3-7-15(2)21-19(23)14-22(17-8-5-4-6-9-17)26(24,25)18-12-10-16(20)11-13-18/h4-6,8-13,15H,3,7,14H2,1-2H3,(H,21,23)/t15-/m0/s1. The minimum Gasteiger partial charge on any atom is -0.352 e. The van der Waals surface area contributed by atoms with E-state index in [1.165, 1.54) is 24.3 Å². The van der Waals surface area contributed by atoms with E-state index in [4.69, 9.17) is 11.6 Å². The van der Waals surface area contributed by atoms with Gasteiger partial charge in [0, 0.05) is 11.1 Å². The van der Waals surface area contributed by atoms with E-state index in [-0.39, 0.29) is 23.4 Å². The molecular formula is C19H23ClN2O3S. The molecule has 0 heterocycles. The maximum atomic E-state index is 13.1. The van der Waals surface area contributed by atoms with Gasteiger partial charge in [0.05, 0.1) is 10.6 Å². The van der Waals surface area contributed by atoms with Gasteiger partial charge < -0.3 is 5.32 Å². The van der Waals surface area contributed by atoms with Crippen molar-refractivity contribution in [3.8, 4) is 0 Å². The van der Waals surface area contributed by atoms with Gasteiger partial charge in [-0.15, -0.1) is 0 Å². The number of anilines is 1. The van der Waals surface area contributed by atoms with Crippen molar-refractivity contribution in [3.05, 3.63) is 59.6 Å². The molecule has 140 valence electrons. The Bertz CT molecular complexity index is 824. The molecule has 0 saturated carbocycles. The molecule has 0 aliphatic heterocycles. The third-order valence-corrected chi connectivity index (χ3v) is 5.90. The smallest absolute Gasteiger partial charge is 0.264 e. The van der Waals surface area contributed by atoms with Gasteiger partial charge in [-0.2, -0.15) is 0 Å². The summed E-state index contributed by atoms with van der Waals surface area (Å²) in [6, 6.07) is 14.5. The second kappa shape index (κ2) is 9.05. The van der Waals surface area contributed by atoms with Crippen molar-refractivity contribution in [3.63, 3.8) is 0 Å². The number of carbonyl (C=O) groups is 1. The van der Waals surface area contributed by atoms with Crippen LogP contribution in [0.1, 0.15) is 26.7 Å². The lowest BCUT2D eigenvalue weighted by atomic mass is 10.2. The maximum absolute atomic E-state index is 13.1. The van der Waals surface area contributed by atoms with Crippen LogP contribution in [0.2, 0.25) is 5.02 Å². The predicted molar refractivity (Wildman–Crippen MR) is 105 cm³/mol. The zero-order valence-electron chi connectivity index (χ0n) is 14.9. The van der Waals surface area contributed by atoms with Crippen LogP contribution in [-0.4, -0.2) is 26.9 Å². The summed E-state index contributed by atoms with van der Waals surface area (Å²) in [5.74, 6) is -0.340. The van der Waals surface area contributed by atoms with Crippen LogP contribution >= 0.6 is 11.6 Å². The molecule has 2 rings (SSSR count). The Labute approximate surface area is 160 Å². The Morgan fingerprint density at radius 1 is 1.12 bits per heavy atom. The molecule has 2 aromatic rings. The van der Waals surface area contributed by atoms with Gasteiger partial charge in [0.2, 0.25) is 5.91 Å². The lowest BCUT2D eigenvalue weighted by Gasteiger charge is -2.25. The van der Waals surface area contributed by atoms with Crippen molar-refractivity contribution in [2.75, 3.05) is 10.8 Å². The first-order valence-electron chi connectivity index (χ1n) is 8.47. The Balaban J connectivity index is 2.33. The van der Waals surface area contributed by atoms with E-state index in [2.05, 4.69) is 5.32 Å². The molecule has 2 aromatic carbocycles. The minimum absolute atomic E-state index is 0.0108. The van der Waals surface area contributed by atoms with Gasteiger partial charge in [-0.1, -0.05) is 43.1 Å². The highest BCUT2D eigenvalue weighted by molar-refractivity contribution is 7.92. The minimum atomic E-state index is -3.90. The van der Waals surface area contributed by atoms with E-state index in [0.717, 1.165) is 17.1 Å². The van der Waals surface area contributed by atoms with Crippen molar-refractivity contribution >= 4 is 33.2 Å². The van der Waals surface area contributed by atoms with Crippen molar-refractivity contribution in [2.24, 2.45) is 0 Å². The average Bonchev–Trinajstić information content (AvgIpc) is 2.61. The first-order valence-corrected chi connectivity index (χ1v) is 10.3. The Morgan fingerprint density at radius 3 is 2.31 bits per heavy atom. The fourth-order valence-electron chi connectivity index (χ4n) is 2.60. The fraction of sp³-hybridized carbons (Fsp3) is 0.316. The van der Waals surface area contributed by atoms with Crippen molar-refractivity contribution in [1.29, 1.82) is 0 Å². The van der Waals surface area contributed by atoms with E-state index in [1.54, 1.807) is 30.3 Å². The monoisotopic (exact) mass is 394 g/mol. The normalized spacial score (nSPS) is 12.4. The van der Waals surface area contributed by atoms with Crippen LogP contribution in [0.3, 0.4) is 0 Å². The summed E-state index contributed by atoms with van der Waals surface area (Å²) in [6.07, 6.45) is 1.77. The fourth-order valence-corrected chi connectivity index (χ4v) is 4.15. The number of halogens is 1. The van der Waals surface area contributed by atoms with Crippen LogP contribution in [-0.2, 0) is 14.8 Å². The van der Waals surface area contributed by atoms with Gasteiger partial charge >= 0.3 is 0 Å². The number of rotatable bonds is 8. The first-order chi connectivity index (χ1) is 12.3. The molecule has 0 spiro atoms. The lowest BCUT2D eigenvalue weighted by Crippen LogP contribution is -2.43. The third-order valence-electron chi connectivity index (χ3n) is 3.86. The van der Waals surface area contributed by atoms with Gasteiger partial charge in [0.25, 0.3) is 10.0 Å². The van der Waals surface area contributed by atoms with Crippen LogP contribution in [0.5, 0.6) is 0 Å². The lowest BCUT2D eigenvalue weighted by molar-refractivity contribution is -0.120. The van der Waals surface area contributed by atoms with E-state index in [0.29, 0.717) is 10.7 Å². The summed E-state index contributed by atoms with van der Waals surface area (Å²) >= 11 is 5.86. The van der Waals surface area contributed by atoms with Crippen LogP contribution < -0.4 is 9.62 Å². The molecular weight excluding hydrogens is 372 g/mol. The predicted octanol–water partition coefficient (Wildman–Crippen LogP) is 3.84. The number of hydrogen-bond donors (Lipinski definition) is 1. The van der Waals surface area contributed by atoms with Crippen LogP contribution in [0, 0.1) is 0 Å². The topological polar surface area (TPSA) is 66.5 Å². The zero-order chi connectivity index (χ0) is 19.2. The molecule has 7 heteroatoms. The number of nitrogens with zero attached hydrogens (tertiary/aromatic N) is 1. The van der Waals surface area contributed by atoms with E-state index in [1.807, 2.05) is 13.8 Å². The number of para-hydroxylation sites is 1. The van der Waals surface area contributed by atoms with E-state index >= 15 is 0 Å². The summed E-state index contributed by atoms with van der Waals surface area (Å²) in [6.45, 7) is 3.65. The summed E-state index contributed by atoms with van der Waals surface area (Å²) in [5, 5.41) is 3.29. The molecule has 0 fully saturated rings. The van der Waals surface area contributed by atoms with Crippen molar-refractivity contribution in [1.82, 2.24) is 5.32 Å². The molecule has 1 amide bonds. The molecule has 0 aliphatic carbocycles. The summed E-state index contributed by atoms with van der Waals surface area (Å²) < 4.78 is 27.3. The van der Waals surface area contributed by atoms with E-state index < -0.39 is 10.0 Å². The summed E-state index contributed by atoms with van der Waals surface area (Å²) in [4.78, 5) is 12.5. The second-order valence-corrected chi connectivity index (χ2v) is 8.36. The second-order valence-electron chi connectivity index (χ2n) is 6.06. The third kappa shape index (κ3) is 5.22. The molecule has 0 bridgehead atoms. The largest absolute Gasteiger partial charge is 0.352 e. The number of sulfonamides is 1. The number of nitrogens with one attached hydrogen (secondary N) is 1. The van der Waals surface area contributed by atoms with Gasteiger partial charge in [-0.25, -0.2) is 8.42 Å². The van der Waals surface area contributed by atoms with Crippen molar-refractivity contribution < 1.29 is 13.2 Å². The highest BCUT2D eigenvalue weighted by Crippen LogP contribution is 2.24. The van der Waals surface area contributed by atoms with Crippen LogP contribution in [0.25, 0.3) is 0 Å². The summed E-state index contributed by atoms with van der Waals surface area (Å²) in [5.41, 5.74) is 0.431. The zero-order valence-corrected chi connectivity index (χ0v) is 16.4. The quantitative estimate of drug-likeness (QED) is 0.739. The number of amides is 1. The van der Waals surface area contributed by atoms with Gasteiger partial charge in [-0.3, -0.25) is 9.10 Å². The maximum Gasteiger partial charge on any atom is 0.264 e.